The first-order valence-electron chi connectivity index (χ1n) is 6.79. The predicted octanol–water partition coefficient (Wildman–Crippen LogP) is 4.55. The van der Waals surface area contributed by atoms with Crippen LogP contribution in [0.5, 0.6) is 0 Å². The first kappa shape index (κ1) is 14.5. The molecule has 3 aromatic rings. The van der Waals surface area contributed by atoms with Crippen LogP contribution in [0.3, 0.4) is 0 Å². The molecule has 2 aromatic carbocycles. The average Bonchev–Trinajstić information content (AvgIpc) is 2.54. The monoisotopic (exact) mass is 313 g/mol. The van der Waals surface area contributed by atoms with Gasteiger partial charge in [-0.05, 0) is 29.8 Å². The average molecular weight is 314 g/mol. The van der Waals surface area contributed by atoms with Crippen molar-refractivity contribution in [3.05, 3.63) is 77.2 Å². The molecule has 0 radical (unpaired) electrons. The van der Waals surface area contributed by atoms with Gasteiger partial charge in [0.1, 0.15) is 16.8 Å². The van der Waals surface area contributed by atoms with Gasteiger partial charge in [-0.1, -0.05) is 41.9 Å². The molecule has 0 aliphatic heterocycles. The maximum Gasteiger partial charge on any atom is 0.163 e. The minimum atomic E-state index is -0.298. The van der Waals surface area contributed by atoms with E-state index in [4.69, 9.17) is 11.6 Å². The van der Waals surface area contributed by atoms with Crippen LogP contribution in [-0.2, 0) is 6.54 Å². The molecule has 0 amide bonds. The largest absolute Gasteiger partial charge is 0.366 e. The van der Waals surface area contributed by atoms with Crippen molar-refractivity contribution in [3.8, 4) is 11.4 Å². The first-order valence-corrected chi connectivity index (χ1v) is 7.17. The molecule has 0 atom stereocenters. The highest BCUT2D eigenvalue weighted by Gasteiger charge is 2.06. The highest BCUT2D eigenvalue weighted by molar-refractivity contribution is 6.29. The molecule has 0 saturated heterocycles. The zero-order chi connectivity index (χ0) is 15.4. The van der Waals surface area contributed by atoms with Crippen LogP contribution in [-0.4, -0.2) is 9.97 Å². The van der Waals surface area contributed by atoms with Crippen molar-refractivity contribution in [1.29, 1.82) is 0 Å². The second kappa shape index (κ2) is 6.54. The summed E-state index contributed by atoms with van der Waals surface area (Å²) in [4.78, 5) is 8.60. The fourth-order valence-electron chi connectivity index (χ4n) is 2.02. The van der Waals surface area contributed by atoms with Gasteiger partial charge in [0.05, 0.1) is 0 Å². The highest BCUT2D eigenvalue weighted by atomic mass is 35.5. The summed E-state index contributed by atoms with van der Waals surface area (Å²) >= 11 is 6.05. The third-order valence-electron chi connectivity index (χ3n) is 3.11. The highest BCUT2D eigenvalue weighted by Crippen LogP contribution is 2.21. The minimum Gasteiger partial charge on any atom is -0.366 e. The molecule has 3 rings (SSSR count). The van der Waals surface area contributed by atoms with Gasteiger partial charge < -0.3 is 5.32 Å². The maximum atomic E-state index is 13.0. The van der Waals surface area contributed by atoms with E-state index in [0.717, 1.165) is 5.56 Å². The van der Waals surface area contributed by atoms with E-state index >= 15 is 0 Å². The lowest BCUT2D eigenvalue weighted by Gasteiger charge is -2.08. The number of aromatic nitrogens is 2. The maximum absolute atomic E-state index is 13.0. The van der Waals surface area contributed by atoms with Crippen LogP contribution in [0.2, 0.25) is 5.15 Å². The standard InChI is InChI=1S/C17H13ClFN3/c18-15-10-16(20-11-12-4-2-1-3-5-12)22-17(21-15)13-6-8-14(19)9-7-13/h1-10H,11H2,(H,20,21,22). The van der Waals surface area contributed by atoms with E-state index < -0.39 is 0 Å². The van der Waals surface area contributed by atoms with E-state index in [1.54, 1.807) is 18.2 Å². The quantitative estimate of drug-likeness (QED) is 0.718. The second-order valence-electron chi connectivity index (χ2n) is 4.75. The zero-order valence-electron chi connectivity index (χ0n) is 11.6. The summed E-state index contributed by atoms with van der Waals surface area (Å²) < 4.78 is 13.0. The molecule has 3 nitrogen and oxygen atoms in total. The predicted molar refractivity (Wildman–Crippen MR) is 86.2 cm³/mol. The summed E-state index contributed by atoms with van der Waals surface area (Å²) in [5, 5.41) is 3.55. The summed E-state index contributed by atoms with van der Waals surface area (Å²) in [6, 6.07) is 17.6. The van der Waals surface area contributed by atoms with E-state index in [-0.39, 0.29) is 5.82 Å². The van der Waals surface area contributed by atoms with Crippen molar-refractivity contribution in [2.24, 2.45) is 0 Å². The summed E-state index contributed by atoms with van der Waals surface area (Å²) in [6.45, 7) is 0.636. The molecule has 0 aliphatic carbocycles. The molecule has 0 spiro atoms. The number of hydrogen-bond donors (Lipinski definition) is 1. The Morgan fingerprint density at radius 3 is 2.41 bits per heavy atom. The third kappa shape index (κ3) is 3.59. The Morgan fingerprint density at radius 1 is 0.955 bits per heavy atom. The molecule has 110 valence electrons. The number of halogens is 2. The molecule has 0 saturated carbocycles. The number of nitrogens with zero attached hydrogens (tertiary/aromatic N) is 2. The number of hydrogen-bond acceptors (Lipinski definition) is 3. The van der Waals surface area contributed by atoms with Gasteiger partial charge in [-0.2, -0.15) is 0 Å². The fourth-order valence-corrected chi connectivity index (χ4v) is 2.21. The first-order chi connectivity index (χ1) is 10.7. The molecule has 5 heteroatoms. The van der Waals surface area contributed by atoms with Gasteiger partial charge >= 0.3 is 0 Å². The van der Waals surface area contributed by atoms with Gasteiger partial charge in [0.25, 0.3) is 0 Å². The van der Waals surface area contributed by atoms with Crippen LogP contribution in [0, 0.1) is 5.82 Å². The Kier molecular flexibility index (Phi) is 4.30. The van der Waals surface area contributed by atoms with E-state index in [0.29, 0.717) is 28.9 Å². The Morgan fingerprint density at radius 2 is 1.68 bits per heavy atom. The molecule has 0 fully saturated rings. The molecule has 0 bridgehead atoms. The second-order valence-corrected chi connectivity index (χ2v) is 5.13. The van der Waals surface area contributed by atoms with Crippen molar-refractivity contribution >= 4 is 17.4 Å². The van der Waals surface area contributed by atoms with Crippen molar-refractivity contribution in [2.45, 2.75) is 6.54 Å². The van der Waals surface area contributed by atoms with E-state index in [2.05, 4.69) is 15.3 Å². The Hall–Kier alpha value is -2.46. The van der Waals surface area contributed by atoms with E-state index in [1.807, 2.05) is 30.3 Å². The van der Waals surface area contributed by atoms with Gasteiger partial charge in [0, 0.05) is 18.2 Å². The molecule has 0 unspecified atom stereocenters. The van der Waals surface area contributed by atoms with Crippen LogP contribution >= 0.6 is 11.6 Å². The van der Waals surface area contributed by atoms with Gasteiger partial charge in [0.15, 0.2) is 5.82 Å². The van der Waals surface area contributed by atoms with Crippen molar-refractivity contribution in [2.75, 3.05) is 5.32 Å². The van der Waals surface area contributed by atoms with Crippen LogP contribution in [0.4, 0.5) is 10.2 Å². The lowest BCUT2D eigenvalue weighted by atomic mass is 10.2. The number of anilines is 1. The fraction of sp³-hybridized carbons (Fsp3) is 0.0588. The number of nitrogens with one attached hydrogen (secondary N) is 1. The normalized spacial score (nSPS) is 10.5. The lowest BCUT2D eigenvalue weighted by Crippen LogP contribution is -2.03. The third-order valence-corrected chi connectivity index (χ3v) is 3.31. The molecule has 22 heavy (non-hydrogen) atoms. The van der Waals surface area contributed by atoms with Crippen LogP contribution in [0.15, 0.2) is 60.7 Å². The molecular formula is C17H13ClFN3. The lowest BCUT2D eigenvalue weighted by molar-refractivity contribution is 0.628. The van der Waals surface area contributed by atoms with Gasteiger partial charge in [-0.25, -0.2) is 14.4 Å². The SMILES string of the molecule is Fc1ccc(-c2nc(Cl)cc(NCc3ccccc3)n2)cc1. The van der Waals surface area contributed by atoms with Crippen LogP contribution < -0.4 is 5.32 Å². The van der Waals surface area contributed by atoms with E-state index in [9.17, 15) is 4.39 Å². The molecule has 1 N–H and O–H groups in total. The van der Waals surface area contributed by atoms with Crippen molar-refractivity contribution < 1.29 is 4.39 Å². The molecule has 1 aromatic heterocycles. The minimum absolute atomic E-state index is 0.298. The molecule has 1 heterocycles. The molecular weight excluding hydrogens is 301 g/mol. The number of rotatable bonds is 4. The summed E-state index contributed by atoms with van der Waals surface area (Å²) in [5.41, 5.74) is 1.85. The van der Waals surface area contributed by atoms with Gasteiger partial charge in [-0.3, -0.25) is 0 Å². The Bertz CT molecular complexity index is 761. The zero-order valence-corrected chi connectivity index (χ0v) is 12.4. The Labute approximate surface area is 132 Å². The summed E-state index contributed by atoms with van der Waals surface area (Å²) in [6.07, 6.45) is 0. The van der Waals surface area contributed by atoms with Gasteiger partial charge in [0.2, 0.25) is 0 Å². The van der Waals surface area contributed by atoms with Crippen molar-refractivity contribution in [1.82, 2.24) is 9.97 Å². The smallest absolute Gasteiger partial charge is 0.163 e. The topological polar surface area (TPSA) is 37.8 Å². The number of benzene rings is 2. The van der Waals surface area contributed by atoms with Crippen molar-refractivity contribution in [3.63, 3.8) is 0 Å². The summed E-state index contributed by atoms with van der Waals surface area (Å²) in [5.74, 6) is 0.791. The Balaban J connectivity index is 1.82. The van der Waals surface area contributed by atoms with Crippen LogP contribution in [0.25, 0.3) is 11.4 Å². The summed E-state index contributed by atoms with van der Waals surface area (Å²) in [7, 11) is 0. The molecule has 0 aliphatic rings. The van der Waals surface area contributed by atoms with Crippen LogP contribution in [0.1, 0.15) is 5.56 Å². The van der Waals surface area contributed by atoms with Gasteiger partial charge in [-0.15, -0.1) is 0 Å². The van der Waals surface area contributed by atoms with E-state index in [1.165, 1.54) is 12.1 Å².